The summed E-state index contributed by atoms with van der Waals surface area (Å²) in [5.41, 5.74) is 11.9. The highest BCUT2D eigenvalue weighted by molar-refractivity contribution is 6.09. The molecule has 2 heterocycles. The Kier molecular flexibility index (Phi) is 5.84. The summed E-state index contributed by atoms with van der Waals surface area (Å²) in [6.45, 7) is 8.92. The molecule has 0 bridgehead atoms. The van der Waals surface area contributed by atoms with Gasteiger partial charge >= 0.3 is 0 Å². The number of nitrogens with zero attached hydrogens (tertiary/aromatic N) is 2. The molecule has 0 fully saturated rings. The summed E-state index contributed by atoms with van der Waals surface area (Å²) in [5.74, 6) is 0. The van der Waals surface area contributed by atoms with Crippen LogP contribution in [0.1, 0.15) is 36.1 Å². The van der Waals surface area contributed by atoms with E-state index in [2.05, 4.69) is 159 Å². The van der Waals surface area contributed by atoms with Gasteiger partial charge in [-0.15, -0.1) is 0 Å². The van der Waals surface area contributed by atoms with Crippen LogP contribution in [0.3, 0.4) is 0 Å². The van der Waals surface area contributed by atoms with Crippen LogP contribution in [0.25, 0.3) is 27.5 Å². The second-order valence-corrected chi connectivity index (χ2v) is 10.9. The molecule has 1 aliphatic rings. The molecule has 0 unspecified atom stereocenters. The summed E-state index contributed by atoms with van der Waals surface area (Å²) in [7, 11) is 2.15. The number of benzene rings is 5. The zero-order chi connectivity index (χ0) is 26.4. The number of fused-ring (bicyclic) bond motifs is 5. The molecule has 0 spiro atoms. The van der Waals surface area contributed by atoms with E-state index in [4.69, 9.17) is 0 Å². The maximum absolute atomic E-state index is 2.34. The van der Waals surface area contributed by atoms with Crippen molar-refractivity contribution in [2.45, 2.75) is 33.1 Å². The Hall–Kier alpha value is -4.30. The van der Waals surface area contributed by atoms with Gasteiger partial charge < -0.3 is 9.47 Å². The van der Waals surface area contributed by atoms with E-state index in [1.54, 1.807) is 0 Å². The lowest BCUT2D eigenvalue weighted by Crippen LogP contribution is -2.30. The molecule has 0 saturated heterocycles. The zero-order valence-corrected chi connectivity index (χ0v) is 22.9. The Labute approximate surface area is 225 Å². The van der Waals surface area contributed by atoms with E-state index in [1.165, 1.54) is 61.1 Å². The predicted octanol–water partition coefficient (Wildman–Crippen LogP) is 9.49. The monoisotopic (exact) mass is 494 g/mol. The van der Waals surface area contributed by atoms with Crippen molar-refractivity contribution < 1.29 is 0 Å². The van der Waals surface area contributed by atoms with Gasteiger partial charge in [0.05, 0.1) is 11.0 Å². The molecule has 2 heteroatoms. The molecule has 7 rings (SSSR count). The maximum Gasteiger partial charge on any atom is 0.0541 e. The smallest absolute Gasteiger partial charge is 0.0541 e. The van der Waals surface area contributed by atoms with Gasteiger partial charge in [-0.3, -0.25) is 0 Å². The summed E-state index contributed by atoms with van der Waals surface area (Å²) in [6, 6.07) is 41.4. The fourth-order valence-electron chi connectivity index (χ4n) is 5.91. The van der Waals surface area contributed by atoms with Crippen molar-refractivity contribution in [3.63, 3.8) is 0 Å². The van der Waals surface area contributed by atoms with Crippen LogP contribution < -0.4 is 4.90 Å². The number of para-hydroxylation sites is 3. The SMILES string of the molecule is Cc1ccc(-n2c3ccccc3c3ccccc32)cc1.Cc1ccc2c(c1)C(C)(C)c1ccccc1N2C. The van der Waals surface area contributed by atoms with Crippen molar-refractivity contribution in [2.24, 2.45) is 0 Å². The molecule has 0 saturated carbocycles. The van der Waals surface area contributed by atoms with Gasteiger partial charge in [0.1, 0.15) is 0 Å². The van der Waals surface area contributed by atoms with E-state index in [0.29, 0.717) is 0 Å². The first-order valence-corrected chi connectivity index (χ1v) is 13.4. The van der Waals surface area contributed by atoms with Gasteiger partial charge in [0.2, 0.25) is 0 Å². The number of rotatable bonds is 1. The van der Waals surface area contributed by atoms with Gasteiger partial charge in [-0.25, -0.2) is 0 Å². The van der Waals surface area contributed by atoms with Crippen LogP contribution in [0.4, 0.5) is 11.4 Å². The second kappa shape index (κ2) is 9.22. The van der Waals surface area contributed by atoms with Gasteiger partial charge in [0.25, 0.3) is 0 Å². The van der Waals surface area contributed by atoms with Crippen molar-refractivity contribution >= 4 is 33.2 Å². The summed E-state index contributed by atoms with van der Waals surface area (Å²) in [5, 5.41) is 2.62. The number of aromatic nitrogens is 1. The van der Waals surface area contributed by atoms with E-state index >= 15 is 0 Å². The third-order valence-electron chi connectivity index (χ3n) is 8.00. The number of anilines is 2. The van der Waals surface area contributed by atoms with Crippen molar-refractivity contribution in [3.8, 4) is 5.69 Å². The first-order chi connectivity index (χ1) is 18.4. The van der Waals surface area contributed by atoms with Crippen molar-refractivity contribution in [1.29, 1.82) is 0 Å². The van der Waals surface area contributed by atoms with Crippen molar-refractivity contribution in [2.75, 3.05) is 11.9 Å². The molecule has 0 N–H and O–H groups in total. The highest BCUT2D eigenvalue weighted by Crippen LogP contribution is 2.48. The fraction of sp³-hybridized carbons (Fsp3) is 0.167. The fourth-order valence-corrected chi connectivity index (χ4v) is 5.91. The zero-order valence-electron chi connectivity index (χ0n) is 22.9. The standard InChI is InChI=1S/C19H15N.C17H19N/c1-14-10-12-15(13-11-14)20-18-8-4-2-6-16(18)17-7-3-5-9-19(17)20;1-12-9-10-16-14(11-12)17(2,3)13-7-5-6-8-15(13)18(16)4/h2-13H,1H3;5-11H,1-4H3. The molecule has 188 valence electrons. The highest BCUT2D eigenvalue weighted by atomic mass is 15.1. The molecule has 1 aliphatic heterocycles. The second-order valence-electron chi connectivity index (χ2n) is 10.9. The normalized spacial score (nSPS) is 13.6. The Morgan fingerprint density at radius 2 is 1.05 bits per heavy atom. The molecule has 0 amide bonds. The summed E-state index contributed by atoms with van der Waals surface area (Å²) in [4.78, 5) is 2.30. The average Bonchev–Trinajstić information content (AvgIpc) is 3.27. The van der Waals surface area contributed by atoms with E-state index in [1.807, 2.05) is 0 Å². The Bertz CT molecular complexity index is 1720. The first-order valence-electron chi connectivity index (χ1n) is 13.4. The minimum Gasteiger partial charge on any atom is -0.344 e. The average molecular weight is 495 g/mol. The van der Waals surface area contributed by atoms with Crippen LogP contribution in [-0.4, -0.2) is 11.6 Å². The third kappa shape index (κ3) is 3.88. The summed E-state index contributed by atoms with van der Waals surface area (Å²) >= 11 is 0. The van der Waals surface area contributed by atoms with Crippen LogP contribution in [0.5, 0.6) is 0 Å². The maximum atomic E-state index is 2.34. The largest absolute Gasteiger partial charge is 0.344 e. The molecule has 5 aromatic carbocycles. The van der Waals surface area contributed by atoms with E-state index in [9.17, 15) is 0 Å². The van der Waals surface area contributed by atoms with Gasteiger partial charge in [0, 0.05) is 40.3 Å². The molecule has 2 nitrogen and oxygen atoms in total. The number of aryl methyl sites for hydroxylation is 2. The molecule has 0 atom stereocenters. The quantitative estimate of drug-likeness (QED) is 0.221. The highest BCUT2D eigenvalue weighted by Gasteiger charge is 2.34. The van der Waals surface area contributed by atoms with Crippen LogP contribution in [0, 0.1) is 13.8 Å². The molecule has 38 heavy (non-hydrogen) atoms. The lowest BCUT2D eigenvalue weighted by molar-refractivity contribution is 0.629. The van der Waals surface area contributed by atoms with Gasteiger partial charge in [-0.1, -0.05) is 104 Å². The minimum atomic E-state index is 0.0739. The van der Waals surface area contributed by atoms with Gasteiger partial charge in [0.15, 0.2) is 0 Å². The number of hydrogen-bond acceptors (Lipinski definition) is 1. The number of hydrogen-bond donors (Lipinski definition) is 0. The molecule has 0 radical (unpaired) electrons. The molecular weight excluding hydrogens is 460 g/mol. The van der Waals surface area contributed by atoms with Gasteiger partial charge in [-0.2, -0.15) is 0 Å². The van der Waals surface area contributed by atoms with Crippen LogP contribution >= 0.6 is 0 Å². The summed E-state index contributed by atoms with van der Waals surface area (Å²) < 4.78 is 2.34. The predicted molar refractivity (Wildman–Crippen MR) is 163 cm³/mol. The Morgan fingerprint density at radius 1 is 0.526 bits per heavy atom. The van der Waals surface area contributed by atoms with E-state index in [0.717, 1.165) is 0 Å². The molecule has 6 aromatic rings. The van der Waals surface area contributed by atoms with E-state index < -0.39 is 0 Å². The summed E-state index contributed by atoms with van der Waals surface area (Å²) in [6.07, 6.45) is 0. The first kappa shape index (κ1) is 24.1. The molecule has 1 aromatic heterocycles. The molecular formula is C36H34N2. The topological polar surface area (TPSA) is 8.17 Å². The lowest BCUT2D eigenvalue weighted by Gasteiger charge is -2.40. The third-order valence-corrected chi connectivity index (χ3v) is 8.00. The lowest BCUT2D eigenvalue weighted by atomic mass is 9.73. The van der Waals surface area contributed by atoms with Crippen LogP contribution in [0.15, 0.2) is 115 Å². The minimum absolute atomic E-state index is 0.0739. The molecule has 0 aliphatic carbocycles. The van der Waals surface area contributed by atoms with E-state index in [-0.39, 0.29) is 5.41 Å². The van der Waals surface area contributed by atoms with Crippen molar-refractivity contribution in [3.05, 3.63) is 138 Å². The van der Waals surface area contributed by atoms with Gasteiger partial charge in [-0.05, 0) is 61.4 Å². The van der Waals surface area contributed by atoms with Crippen molar-refractivity contribution in [1.82, 2.24) is 4.57 Å². The Morgan fingerprint density at radius 3 is 1.71 bits per heavy atom. The van der Waals surface area contributed by atoms with Crippen LogP contribution in [0.2, 0.25) is 0 Å². The Balaban J connectivity index is 0.000000140. The van der Waals surface area contributed by atoms with Crippen LogP contribution in [-0.2, 0) is 5.41 Å².